The van der Waals surface area contributed by atoms with Gasteiger partial charge >= 0.3 is 103 Å². The fourth-order valence-corrected chi connectivity index (χ4v) is 2.67. The van der Waals surface area contributed by atoms with Crippen LogP contribution in [0.4, 0.5) is 5.69 Å². The molecule has 1 aromatic carbocycles. The molecule has 0 heterocycles. The summed E-state index contributed by atoms with van der Waals surface area (Å²) in [7, 11) is -10.1. The molecule has 7 nitrogen and oxygen atoms in total. The van der Waals surface area contributed by atoms with Crippen molar-refractivity contribution >= 4 is 25.9 Å². The van der Waals surface area contributed by atoms with Crippen LogP contribution in [0, 0.1) is 0 Å². The van der Waals surface area contributed by atoms with Gasteiger partial charge < -0.3 is 14.8 Å². The molecule has 0 aromatic heterocycles. The minimum atomic E-state index is -5.05. The number of benzene rings is 1. The minimum absolute atomic E-state index is 0. The zero-order chi connectivity index (χ0) is 11.9. The van der Waals surface area contributed by atoms with E-state index in [4.69, 9.17) is 5.73 Å². The summed E-state index contributed by atoms with van der Waals surface area (Å²) in [5.41, 5.74) is 5.04. The van der Waals surface area contributed by atoms with E-state index in [0.29, 0.717) is 12.1 Å². The largest absolute Gasteiger partial charge is 1.00 e. The molecular weight excluding hydrogens is 324 g/mol. The molecule has 0 aliphatic rings. The third-order valence-electron chi connectivity index (χ3n) is 1.51. The predicted molar refractivity (Wildman–Crippen MR) is 46.8 cm³/mol. The first-order chi connectivity index (χ1) is 6.62. The van der Waals surface area contributed by atoms with E-state index in [-0.39, 0.29) is 108 Å². The van der Waals surface area contributed by atoms with Crippen molar-refractivity contribution in [2.75, 3.05) is 5.73 Å². The number of nitrogens with two attached hydrogens (primary N) is 1. The summed E-state index contributed by atoms with van der Waals surface area (Å²) < 4.78 is 63.8. The van der Waals surface area contributed by atoms with Gasteiger partial charge in [0, 0.05) is 5.69 Å². The van der Waals surface area contributed by atoms with Gasteiger partial charge in [0.25, 0.3) is 0 Å². The summed E-state index contributed by atoms with van der Waals surface area (Å²) >= 11 is 0. The first-order valence-electron chi connectivity index (χ1n) is 3.43. The second kappa shape index (κ2) is 7.78. The van der Waals surface area contributed by atoms with E-state index in [0.717, 1.165) is 6.07 Å². The minimum Gasteiger partial charge on any atom is -0.744 e. The van der Waals surface area contributed by atoms with E-state index >= 15 is 0 Å². The van der Waals surface area contributed by atoms with Crippen LogP contribution in [-0.2, 0) is 20.2 Å². The van der Waals surface area contributed by atoms with Gasteiger partial charge in [-0.15, -0.1) is 0 Å². The molecule has 17 heavy (non-hydrogen) atoms. The molecule has 0 amide bonds. The number of hydrogen-bond donors (Lipinski definition) is 1. The molecule has 0 radical (unpaired) electrons. The second-order valence-corrected chi connectivity index (χ2v) is 5.31. The number of nitrogen functional groups attached to an aromatic ring is 1. The monoisotopic (exact) mass is 329 g/mol. The van der Waals surface area contributed by atoms with Crippen LogP contribution in [0.15, 0.2) is 28.0 Å². The molecule has 0 unspecified atom stereocenters. The van der Waals surface area contributed by atoms with Gasteiger partial charge in [-0.05, 0) is 18.2 Å². The molecule has 0 spiro atoms. The van der Waals surface area contributed by atoms with Crippen molar-refractivity contribution in [2.24, 2.45) is 0 Å². The summed E-state index contributed by atoms with van der Waals surface area (Å²) in [5, 5.41) is 0. The van der Waals surface area contributed by atoms with Gasteiger partial charge in [0.1, 0.15) is 20.2 Å². The summed E-state index contributed by atoms with van der Waals surface area (Å²) in [6.45, 7) is 0. The first-order valence-corrected chi connectivity index (χ1v) is 6.25. The standard InChI is InChI=1S/C6H7NO6S2.2K/c7-4-1-2-5(14(8,9)10)6(3-4)15(11,12)13;;/h1-3H,7H2,(H,8,9,10)(H,11,12,13);;/q;2*+1/p-2. The van der Waals surface area contributed by atoms with Crippen LogP contribution in [0.5, 0.6) is 0 Å². The van der Waals surface area contributed by atoms with Crippen molar-refractivity contribution in [1.29, 1.82) is 0 Å². The molecule has 0 aliphatic heterocycles. The molecule has 0 saturated carbocycles. The zero-order valence-electron chi connectivity index (χ0n) is 9.08. The Labute approximate surface area is 184 Å². The summed E-state index contributed by atoms with van der Waals surface area (Å²) in [4.78, 5) is -2.22. The van der Waals surface area contributed by atoms with Gasteiger partial charge in [0.15, 0.2) is 0 Å². The second-order valence-electron chi connectivity index (χ2n) is 2.61. The number of anilines is 1. The summed E-state index contributed by atoms with van der Waals surface area (Å²) in [6.07, 6.45) is 0. The van der Waals surface area contributed by atoms with Gasteiger partial charge in [-0.3, -0.25) is 0 Å². The molecule has 0 saturated heterocycles. The van der Waals surface area contributed by atoms with E-state index in [9.17, 15) is 25.9 Å². The molecular formula is C6H5K2NO6S2. The van der Waals surface area contributed by atoms with Crippen LogP contribution in [0.25, 0.3) is 0 Å². The molecule has 0 atom stereocenters. The van der Waals surface area contributed by atoms with Crippen molar-refractivity contribution in [3.8, 4) is 0 Å². The van der Waals surface area contributed by atoms with Gasteiger partial charge in [-0.2, -0.15) is 0 Å². The number of hydrogen-bond acceptors (Lipinski definition) is 7. The fraction of sp³-hybridized carbons (Fsp3) is 0. The van der Waals surface area contributed by atoms with Crippen molar-refractivity contribution in [3.05, 3.63) is 18.2 Å². The SMILES string of the molecule is Nc1ccc(S(=O)(=O)[O-])c(S(=O)(=O)[O-])c1.[K+].[K+]. The Morgan fingerprint density at radius 2 is 1.29 bits per heavy atom. The topological polar surface area (TPSA) is 140 Å². The van der Waals surface area contributed by atoms with E-state index < -0.39 is 30.0 Å². The molecule has 1 rings (SSSR count). The molecule has 11 heteroatoms. The maximum Gasteiger partial charge on any atom is 1.00 e. The van der Waals surface area contributed by atoms with Gasteiger partial charge in [-0.25, -0.2) is 16.8 Å². The Hall–Kier alpha value is 2.11. The predicted octanol–water partition coefficient (Wildman–Crippen LogP) is -6.91. The molecule has 0 aliphatic carbocycles. The molecule has 84 valence electrons. The molecule has 0 fully saturated rings. The van der Waals surface area contributed by atoms with Crippen LogP contribution in [0.2, 0.25) is 0 Å². The molecule has 0 bridgehead atoms. The Balaban J connectivity index is 0. The third-order valence-corrected chi connectivity index (χ3v) is 3.41. The van der Waals surface area contributed by atoms with Crippen molar-refractivity contribution in [3.63, 3.8) is 0 Å². The van der Waals surface area contributed by atoms with Gasteiger partial charge in [-0.1, -0.05) is 0 Å². The summed E-state index contributed by atoms with van der Waals surface area (Å²) in [5.74, 6) is 0. The molecule has 1 aromatic rings. The maximum absolute atomic E-state index is 10.6. The van der Waals surface area contributed by atoms with Crippen LogP contribution in [-0.4, -0.2) is 25.9 Å². The third kappa shape index (κ3) is 6.40. The quantitative estimate of drug-likeness (QED) is 0.323. The Morgan fingerprint density at radius 3 is 1.65 bits per heavy atom. The normalized spacial score (nSPS) is 11.2. The first kappa shape index (κ1) is 21.4. The zero-order valence-corrected chi connectivity index (χ0v) is 17.0. The van der Waals surface area contributed by atoms with Crippen molar-refractivity contribution < 1.29 is 129 Å². The van der Waals surface area contributed by atoms with Crippen LogP contribution in [0.1, 0.15) is 0 Å². The van der Waals surface area contributed by atoms with E-state index in [1.54, 1.807) is 0 Å². The van der Waals surface area contributed by atoms with Crippen LogP contribution < -0.4 is 109 Å². The molecule has 2 N–H and O–H groups in total. The van der Waals surface area contributed by atoms with Crippen molar-refractivity contribution in [1.82, 2.24) is 0 Å². The smallest absolute Gasteiger partial charge is 0.744 e. The average molecular weight is 329 g/mol. The maximum atomic E-state index is 10.6. The van der Waals surface area contributed by atoms with Gasteiger partial charge in [0.05, 0.1) is 9.79 Å². The number of rotatable bonds is 2. The summed E-state index contributed by atoms with van der Waals surface area (Å²) in [6, 6.07) is 2.33. The Kier molecular flexibility index (Phi) is 9.80. The van der Waals surface area contributed by atoms with Crippen molar-refractivity contribution in [2.45, 2.75) is 9.79 Å². The van der Waals surface area contributed by atoms with E-state index in [1.807, 2.05) is 0 Å². The Bertz CT molecular complexity index is 597. The van der Waals surface area contributed by atoms with Gasteiger partial charge in [0.2, 0.25) is 0 Å². The van der Waals surface area contributed by atoms with Crippen LogP contribution in [0.3, 0.4) is 0 Å². The fourth-order valence-electron chi connectivity index (χ4n) is 0.927. The van der Waals surface area contributed by atoms with Crippen LogP contribution >= 0.6 is 0 Å². The Morgan fingerprint density at radius 1 is 0.882 bits per heavy atom. The van der Waals surface area contributed by atoms with E-state index in [1.165, 1.54) is 0 Å². The van der Waals surface area contributed by atoms with E-state index in [2.05, 4.69) is 0 Å². The average Bonchev–Trinajstić information content (AvgIpc) is 2.00.